The summed E-state index contributed by atoms with van der Waals surface area (Å²) in [6, 6.07) is 0. The van der Waals surface area contributed by atoms with Crippen LogP contribution >= 0.6 is 22.6 Å². The third kappa shape index (κ3) is 5.15. The molecular weight excluding hydrogens is 225 g/mol. The van der Waals surface area contributed by atoms with Crippen LogP contribution in [0.1, 0.15) is 20.3 Å². The summed E-state index contributed by atoms with van der Waals surface area (Å²) in [6.07, 6.45) is 1.28. The van der Waals surface area contributed by atoms with Crippen LogP contribution in [0.15, 0.2) is 0 Å². The van der Waals surface area contributed by atoms with Crippen molar-refractivity contribution in [2.75, 3.05) is 11.0 Å². The lowest BCUT2D eigenvalue weighted by molar-refractivity contribution is 0.457. The van der Waals surface area contributed by atoms with Crippen LogP contribution in [0.25, 0.3) is 0 Å². The van der Waals surface area contributed by atoms with Crippen LogP contribution in [0.3, 0.4) is 0 Å². The van der Waals surface area contributed by atoms with Crippen LogP contribution in [-0.2, 0) is 0 Å². The highest BCUT2D eigenvalue weighted by Gasteiger charge is 2.05. The van der Waals surface area contributed by atoms with E-state index in [2.05, 4.69) is 36.4 Å². The molecule has 1 nitrogen and oxygen atoms in total. The maximum Gasteiger partial charge on any atom is 0.00358 e. The van der Waals surface area contributed by atoms with Crippen LogP contribution in [0, 0.1) is 11.8 Å². The molecule has 0 saturated carbocycles. The predicted molar refractivity (Wildman–Crippen MR) is 50.9 cm³/mol. The van der Waals surface area contributed by atoms with E-state index >= 15 is 0 Å². The Balaban J connectivity index is 3.31. The van der Waals surface area contributed by atoms with Crippen molar-refractivity contribution in [2.24, 2.45) is 17.6 Å². The number of halogens is 1. The zero-order chi connectivity index (χ0) is 7.28. The summed E-state index contributed by atoms with van der Waals surface area (Å²) in [4.78, 5) is 0. The molecule has 0 aromatic rings. The average Bonchev–Trinajstić information content (AvgIpc) is 1.82. The molecular formula is C7H16IN. The molecule has 1 atom stereocenters. The first-order valence-corrected chi connectivity index (χ1v) is 4.99. The van der Waals surface area contributed by atoms with Gasteiger partial charge in [0.2, 0.25) is 0 Å². The second-order valence-corrected chi connectivity index (χ2v) is 3.77. The van der Waals surface area contributed by atoms with Gasteiger partial charge < -0.3 is 5.73 Å². The molecule has 0 aromatic carbocycles. The first kappa shape index (κ1) is 9.69. The van der Waals surface area contributed by atoms with E-state index < -0.39 is 0 Å². The maximum absolute atomic E-state index is 5.53. The van der Waals surface area contributed by atoms with Crippen molar-refractivity contribution < 1.29 is 0 Å². The van der Waals surface area contributed by atoms with Gasteiger partial charge in [-0.25, -0.2) is 0 Å². The Kier molecular flexibility index (Phi) is 5.89. The molecule has 0 spiro atoms. The molecule has 0 amide bonds. The molecule has 0 rings (SSSR count). The Hall–Kier alpha value is 0.690. The Morgan fingerprint density at radius 3 is 2.11 bits per heavy atom. The first-order chi connectivity index (χ1) is 4.20. The van der Waals surface area contributed by atoms with Crippen LogP contribution in [-0.4, -0.2) is 11.0 Å². The molecule has 9 heavy (non-hydrogen) atoms. The molecule has 0 heterocycles. The van der Waals surface area contributed by atoms with Crippen molar-refractivity contribution in [3.8, 4) is 0 Å². The quantitative estimate of drug-likeness (QED) is 0.591. The molecule has 0 radical (unpaired) electrons. The van der Waals surface area contributed by atoms with Crippen LogP contribution in [0.2, 0.25) is 0 Å². The standard InChI is InChI=1S/C7H16IN/c1-6(2)3-7(4-8)5-9/h6-7H,3-5,9H2,1-2H3/t7-/m0/s1. The Labute approximate surface area is 71.5 Å². The van der Waals surface area contributed by atoms with Gasteiger partial charge in [-0.05, 0) is 24.8 Å². The van der Waals surface area contributed by atoms with Gasteiger partial charge in [-0.3, -0.25) is 0 Å². The minimum absolute atomic E-state index is 0.741. The van der Waals surface area contributed by atoms with Gasteiger partial charge in [-0.15, -0.1) is 0 Å². The van der Waals surface area contributed by atoms with Gasteiger partial charge in [0.05, 0.1) is 0 Å². The zero-order valence-corrected chi connectivity index (χ0v) is 8.39. The van der Waals surface area contributed by atoms with Crippen molar-refractivity contribution >= 4 is 22.6 Å². The van der Waals surface area contributed by atoms with Gasteiger partial charge >= 0.3 is 0 Å². The summed E-state index contributed by atoms with van der Waals surface area (Å²) >= 11 is 2.40. The van der Waals surface area contributed by atoms with Gasteiger partial charge in [0.1, 0.15) is 0 Å². The number of hydrogen-bond donors (Lipinski definition) is 1. The molecule has 0 bridgehead atoms. The summed E-state index contributed by atoms with van der Waals surface area (Å²) in [5.41, 5.74) is 5.53. The Morgan fingerprint density at radius 2 is 2.00 bits per heavy atom. The van der Waals surface area contributed by atoms with Gasteiger partial charge in [-0.2, -0.15) is 0 Å². The fourth-order valence-electron chi connectivity index (χ4n) is 0.889. The smallest absolute Gasteiger partial charge is 0.00358 e. The van der Waals surface area contributed by atoms with E-state index in [1.807, 2.05) is 0 Å². The minimum atomic E-state index is 0.741. The summed E-state index contributed by atoms with van der Waals surface area (Å²) in [5, 5.41) is 0. The Bertz CT molecular complexity index is 59.9. The van der Waals surface area contributed by atoms with Gasteiger partial charge in [-0.1, -0.05) is 36.4 Å². The lowest BCUT2D eigenvalue weighted by Gasteiger charge is -2.12. The molecule has 0 aliphatic rings. The lowest BCUT2D eigenvalue weighted by Crippen LogP contribution is -2.17. The lowest BCUT2D eigenvalue weighted by atomic mass is 9.99. The predicted octanol–water partition coefficient (Wildman–Crippen LogP) is 2.04. The second kappa shape index (κ2) is 5.47. The topological polar surface area (TPSA) is 26.0 Å². The number of alkyl halides is 1. The summed E-state index contributed by atoms with van der Waals surface area (Å²) in [6.45, 7) is 5.34. The van der Waals surface area contributed by atoms with E-state index in [-0.39, 0.29) is 0 Å². The number of nitrogens with two attached hydrogens (primary N) is 1. The summed E-state index contributed by atoms with van der Waals surface area (Å²) in [5.74, 6) is 1.54. The van der Waals surface area contributed by atoms with Gasteiger partial charge in [0.25, 0.3) is 0 Å². The van der Waals surface area contributed by atoms with Crippen molar-refractivity contribution in [2.45, 2.75) is 20.3 Å². The van der Waals surface area contributed by atoms with E-state index in [4.69, 9.17) is 5.73 Å². The molecule has 0 saturated heterocycles. The maximum atomic E-state index is 5.53. The third-order valence-electron chi connectivity index (χ3n) is 1.36. The first-order valence-electron chi connectivity index (χ1n) is 3.46. The minimum Gasteiger partial charge on any atom is -0.330 e. The monoisotopic (exact) mass is 241 g/mol. The largest absolute Gasteiger partial charge is 0.330 e. The van der Waals surface area contributed by atoms with Crippen molar-refractivity contribution in [3.05, 3.63) is 0 Å². The molecule has 56 valence electrons. The van der Waals surface area contributed by atoms with Crippen molar-refractivity contribution in [3.63, 3.8) is 0 Å². The molecule has 0 aliphatic carbocycles. The fourth-order valence-corrected chi connectivity index (χ4v) is 1.61. The number of rotatable bonds is 4. The number of hydrogen-bond acceptors (Lipinski definition) is 1. The zero-order valence-electron chi connectivity index (χ0n) is 6.23. The van der Waals surface area contributed by atoms with E-state index in [0.29, 0.717) is 0 Å². The molecule has 0 fully saturated rings. The molecule has 0 aliphatic heterocycles. The van der Waals surface area contributed by atoms with E-state index in [1.165, 1.54) is 10.8 Å². The summed E-state index contributed by atoms with van der Waals surface area (Å²) in [7, 11) is 0. The average molecular weight is 241 g/mol. The van der Waals surface area contributed by atoms with Crippen LogP contribution < -0.4 is 5.73 Å². The Morgan fingerprint density at radius 1 is 1.44 bits per heavy atom. The fraction of sp³-hybridized carbons (Fsp3) is 1.00. The van der Waals surface area contributed by atoms with Crippen molar-refractivity contribution in [1.82, 2.24) is 0 Å². The van der Waals surface area contributed by atoms with E-state index in [0.717, 1.165) is 18.4 Å². The van der Waals surface area contributed by atoms with E-state index in [1.54, 1.807) is 0 Å². The highest BCUT2D eigenvalue weighted by Crippen LogP contribution is 2.12. The molecule has 2 N–H and O–H groups in total. The highest BCUT2D eigenvalue weighted by atomic mass is 127. The van der Waals surface area contributed by atoms with Crippen LogP contribution in [0.5, 0.6) is 0 Å². The third-order valence-corrected chi connectivity index (χ3v) is 2.60. The summed E-state index contributed by atoms with van der Waals surface area (Å²) < 4.78 is 1.20. The SMILES string of the molecule is CC(C)C[C@H](CN)CI. The van der Waals surface area contributed by atoms with Gasteiger partial charge in [0, 0.05) is 4.43 Å². The van der Waals surface area contributed by atoms with Crippen LogP contribution in [0.4, 0.5) is 0 Å². The highest BCUT2D eigenvalue weighted by molar-refractivity contribution is 14.1. The normalized spacial score (nSPS) is 14.3. The molecule has 2 heteroatoms. The van der Waals surface area contributed by atoms with E-state index in [9.17, 15) is 0 Å². The molecule has 0 unspecified atom stereocenters. The molecule has 0 aromatic heterocycles. The second-order valence-electron chi connectivity index (χ2n) is 2.89. The van der Waals surface area contributed by atoms with Gasteiger partial charge in [0.15, 0.2) is 0 Å². The van der Waals surface area contributed by atoms with Crippen molar-refractivity contribution in [1.29, 1.82) is 0 Å².